The lowest BCUT2D eigenvalue weighted by molar-refractivity contribution is 0.171. The third-order valence-electron chi connectivity index (χ3n) is 3.69. The second kappa shape index (κ2) is 5.96. The second-order valence-corrected chi connectivity index (χ2v) is 6.55. The third-order valence-corrected chi connectivity index (χ3v) is 4.75. The summed E-state index contributed by atoms with van der Waals surface area (Å²) in [6, 6.07) is 10.0. The molecule has 5 nitrogen and oxygen atoms in total. The van der Waals surface area contributed by atoms with Crippen LogP contribution in [0.2, 0.25) is 0 Å². The predicted octanol–water partition coefficient (Wildman–Crippen LogP) is 4.09. The van der Waals surface area contributed by atoms with Crippen LogP contribution in [0.15, 0.2) is 41.1 Å². The van der Waals surface area contributed by atoms with Crippen LogP contribution >= 0.6 is 11.3 Å². The molecule has 118 valence electrons. The van der Waals surface area contributed by atoms with Crippen LogP contribution in [0.1, 0.15) is 10.4 Å². The zero-order valence-electron chi connectivity index (χ0n) is 12.7. The highest BCUT2D eigenvalue weighted by Gasteiger charge is 2.13. The molecule has 0 atom stereocenters. The first kappa shape index (κ1) is 14.1. The summed E-state index contributed by atoms with van der Waals surface area (Å²) in [4.78, 5) is 2.29. The molecule has 1 aromatic carbocycles. The van der Waals surface area contributed by atoms with E-state index >= 15 is 0 Å². The van der Waals surface area contributed by atoms with E-state index in [-0.39, 0.29) is 0 Å². The number of thiophene rings is 1. The fourth-order valence-corrected chi connectivity index (χ4v) is 3.47. The number of benzene rings is 1. The molecule has 1 aliphatic rings. The van der Waals surface area contributed by atoms with E-state index in [9.17, 15) is 0 Å². The molecule has 3 heterocycles. The van der Waals surface area contributed by atoms with Crippen LogP contribution in [0.3, 0.4) is 0 Å². The van der Waals surface area contributed by atoms with Gasteiger partial charge in [0.1, 0.15) is 13.2 Å². The topological polar surface area (TPSA) is 56.5 Å². The molecular weight excluding hydrogens is 312 g/mol. The summed E-state index contributed by atoms with van der Waals surface area (Å²) >= 11 is 1.69. The van der Waals surface area contributed by atoms with Crippen molar-refractivity contribution in [2.24, 2.45) is 0 Å². The summed E-state index contributed by atoms with van der Waals surface area (Å²) in [6.07, 6.45) is 1.66. The quantitative estimate of drug-likeness (QED) is 0.781. The average Bonchev–Trinajstić information content (AvgIpc) is 3.22. The zero-order chi connectivity index (χ0) is 15.6. The van der Waals surface area contributed by atoms with Crippen molar-refractivity contribution in [3.63, 3.8) is 0 Å². The summed E-state index contributed by atoms with van der Waals surface area (Å²) in [5, 5.41) is 7.23. The normalized spacial score (nSPS) is 13.1. The monoisotopic (exact) mass is 328 g/mol. The average molecular weight is 328 g/mol. The number of nitrogens with zero attached hydrogens (tertiary/aromatic N) is 1. The summed E-state index contributed by atoms with van der Waals surface area (Å²) in [5.41, 5.74) is 2.26. The number of aromatic nitrogens is 1. The van der Waals surface area contributed by atoms with Gasteiger partial charge in [0.2, 0.25) is 0 Å². The van der Waals surface area contributed by atoms with Crippen molar-refractivity contribution < 1.29 is 14.0 Å². The van der Waals surface area contributed by atoms with E-state index in [1.165, 1.54) is 4.88 Å². The predicted molar refractivity (Wildman–Crippen MR) is 89.3 cm³/mol. The number of ether oxygens (including phenoxy) is 2. The fraction of sp³-hybridized carbons (Fsp3) is 0.235. The number of anilines is 1. The Kier molecular flexibility index (Phi) is 3.67. The third kappa shape index (κ3) is 2.90. The SMILES string of the molecule is Cc1sc(-c2ccno2)cc1NCc1ccc2c(c1)OCCO2. The van der Waals surface area contributed by atoms with Gasteiger partial charge in [-0.1, -0.05) is 11.2 Å². The highest BCUT2D eigenvalue weighted by Crippen LogP contribution is 2.35. The van der Waals surface area contributed by atoms with Gasteiger partial charge < -0.3 is 19.3 Å². The molecule has 1 N–H and O–H groups in total. The van der Waals surface area contributed by atoms with Crippen molar-refractivity contribution in [2.45, 2.75) is 13.5 Å². The first-order valence-electron chi connectivity index (χ1n) is 7.43. The van der Waals surface area contributed by atoms with E-state index in [1.807, 2.05) is 18.2 Å². The van der Waals surface area contributed by atoms with Gasteiger partial charge in [-0.15, -0.1) is 11.3 Å². The van der Waals surface area contributed by atoms with Gasteiger partial charge in [0.05, 0.1) is 11.1 Å². The van der Waals surface area contributed by atoms with Crippen molar-refractivity contribution in [3.8, 4) is 22.1 Å². The van der Waals surface area contributed by atoms with Gasteiger partial charge in [-0.25, -0.2) is 0 Å². The summed E-state index contributed by atoms with van der Waals surface area (Å²) in [7, 11) is 0. The Labute approximate surface area is 137 Å². The van der Waals surface area contributed by atoms with Gasteiger partial charge in [0.25, 0.3) is 0 Å². The first-order chi connectivity index (χ1) is 11.3. The van der Waals surface area contributed by atoms with Crippen LogP contribution < -0.4 is 14.8 Å². The van der Waals surface area contributed by atoms with Crippen LogP contribution in [-0.4, -0.2) is 18.4 Å². The molecule has 0 bridgehead atoms. The van der Waals surface area contributed by atoms with Crippen molar-refractivity contribution in [2.75, 3.05) is 18.5 Å². The fourth-order valence-electron chi connectivity index (χ4n) is 2.52. The van der Waals surface area contributed by atoms with Gasteiger partial charge >= 0.3 is 0 Å². The second-order valence-electron chi connectivity index (χ2n) is 5.29. The van der Waals surface area contributed by atoms with Gasteiger partial charge in [-0.3, -0.25) is 0 Å². The van der Waals surface area contributed by atoms with E-state index in [2.05, 4.69) is 29.5 Å². The molecule has 0 fully saturated rings. The molecule has 0 unspecified atom stereocenters. The van der Waals surface area contributed by atoms with E-state index in [0.717, 1.165) is 39.9 Å². The lowest BCUT2D eigenvalue weighted by Crippen LogP contribution is -2.15. The van der Waals surface area contributed by atoms with E-state index < -0.39 is 0 Å². The minimum atomic E-state index is 0.605. The van der Waals surface area contributed by atoms with Crippen LogP contribution in [0.5, 0.6) is 11.5 Å². The maximum Gasteiger partial charge on any atom is 0.176 e. The Balaban J connectivity index is 1.49. The molecule has 23 heavy (non-hydrogen) atoms. The maximum atomic E-state index is 5.62. The van der Waals surface area contributed by atoms with E-state index in [1.54, 1.807) is 17.5 Å². The Morgan fingerprint density at radius 2 is 2.00 bits per heavy atom. The Bertz CT molecular complexity index is 811. The number of fused-ring (bicyclic) bond motifs is 1. The smallest absolute Gasteiger partial charge is 0.176 e. The van der Waals surface area contributed by atoms with Crippen LogP contribution in [-0.2, 0) is 6.54 Å². The number of aryl methyl sites for hydroxylation is 1. The molecule has 2 aromatic heterocycles. The van der Waals surface area contributed by atoms with Gasteiger partial charge in [-0.05, 0) is 30.7 Å². The molecule has 0 aliphatic carbocycles. The van der Waals surface area contributed by atoms with Gasteiger partial charge in [0.15, 0.2) is 17.3 Å². The molecule has 1 aliphatic heterocycles. The lowest BCUT2D eigenvalue weighted by Gasteiger charge is -2.19. The zero-order valence-corrected chi connectivity index (χ0v) is 13.5. The van der Waals surface area contributed by atoms with Crippen molar-refractivity contribution in [1.82, 2.24) is 5.16 Å². The van der Waals surface area contributed by atoms with E-state index in [0.29, 0.717) is 13.2 Å². The van der Waals surface area contributed by atoms with Crippen LogP contribution in [0.25, 0.3) is 10.6 Å². The van der Waals surface area contributed by atoms with Gasteiger partial charge in [0, 0.05) is 23.2 Å². The molecule has 0 saturated heterocycles. The molecule has 6 heteroatoms. The minimum Gasteiger partial charge on any atom is -0.486 e. The summed E-state index contributed by atoms with van der Waals surface area (Å²) < 4.78 is 16.4. The Morgan fingerprint density at radius 3 is 2.83 bits per heavy atom. The lowest BCUT2D eigenvalue weighted by atomic mass is 10.2. The Hall–Kier alpha value is -2.47. The summed E-state index contributed by atoms with van der Waals surface area (Å²) in [6.45, 7) is 4.04. The van der Waals surface area contributed by atoms with Crippen molar-refractivity contribution >= 4 is 17.0 Å². The van der Waals surface area contributed by atoms with Crippen molar-refractivity contribution in [1.29, 1.82) is 0 Å². The molecule has 0 saturated carbocycles. The minimum absolute atomic E-state index is 0.605. The highest BCUT2D eigenvalue weighted by atomic mass is 32.1. The maximum absolute atomic E-state index is 5.62. The number of rotatable bonds is 4. The van der Waals surface area contributed by atoms with Crippen molar-refractivity contribution in [3.05, 3.63) is 47.0 Å². The van der Waals surface area contributed by atoms with Crippen LogP contribution in [0, 0.1) is 6.92 Å². The number of hydrogen-bond donors (Lipinski definition) is 1. The number of hydrogen-bond acceptors (Lipinski definition) is 6. The van der Waals surface area contributed by atoms with Crippen LogP contribution in [0.4, 0.5) is 5.69 Å². The highest BCUT2D eigenvalue weighted by molar-refractivity contribution is 7.15. The Morgan fingerprint density at radius 1 is 1.13 bits per heavy atom. The van der Waals surface area contributed by atoms with Gasteiger partial charge in [-0.2, -0.15) is 0 Å². The summed E-state index contributed by atoms with van der Waals surface area (Å²) in [5.74, 6) is 2.43. The number of nitrogens with one attached hydrogen (secondary N) is 1. The molecular formula is C17H16N2O3S. The molecule has 0 radical (unpaired) electrons. The van der Waals surface area contributed by atoms with E-state index in [4.69, 9.17) is 14.0 Å². The molecule has 0 spiro atoms. The molecule has 3 aromatic rings. The standard InChI is InChI=1S/C17H16N2O3S/c1-11-13(9-17(23-11)15-4-5-19-22-15)18-10-12-2-3-14-16(8-12)21-7-6-20-14/h2-5,8-9,18H,6-7,10H2,1H3. The first-order valence-corrected chi connectivity index (χ1v) is 8.25. The molecule has 4 rings (SSSR count). The largest absolute Gasteiger partial charge is 0.486 e. The molecule has 0 amide bonds.